The summed E-state index contributed by atoms with van der Waals surface area (Å²) < 4.78 is 0. The first kappa shape index (κ1) is 47.1. The van der Waals surface area contributed by atoms with Crippen LogP contribution in [0.25, 0.3) is 21.3 Å². The van der Waals surface area contributed by atoms with Crippen LogP contribution in [0.3, 0.4) is 0 Å². The molecule has 0 saturated carbocycles. The van der Waals surface area contributed by atoms with Gasteiger partial charge < -0.3 is 35.4 Å². The highest BCUT2D eigenvalue weighted by molar-refractivity contribution is 7.13. The highest BCUT2D eigenvalue weighted by atomic mass is 32.1. The van der Waals surface area contributed by atoms with E-state index >= 15 is 0 Å². The number of β-amino-alcohol motifs (C(OH)–C–C–N with tert-alkyl or cyclic N) is 1. The summed E-state index contributed by atoms with van der Waals surface area (Å²) in [6.07, 6.45) is 0.454. The van der Waals surface area contributed by atoms with Crippen molar-refractivity contribution >= 4 is 57.3 Å². The fourth-order valence-electron chi connectivity index (χ4n) is 9.93. The van der Waals surface area contributed by atoms with E-state index in [2.05, 4.69) is 58.4 Å². The zero-order chi connectivity index (χ0) is 47.9. The number of aromatic amines is 1. The smallest absolute Gasteiger partial charge is 0.246 e. The van der Waals surface area contributed by atoms with E-state index in [1.807, 2.05) is 74.5 Å². The van der Waals surface area contributed by atoms with Crippen LogP contribution in [0.15, 0.2) is 60.1 Å². The Morgan fingerprint density at radius 2 is 1.76 bits per heavy atom. The maximum absolute atomic E-state index is 14.1. The molecule has 3 atom stereocenters. The molecule has 4 heterocycles. The highest BCUT2D eigenvalue weighted by Gasteiger charge is 2.45. The van der Waals surface area contributed by atoms with Gasteiger partial charge in [0.2, 0.25) is 23.6 Å². The Balaban J connectivity index is 0.842. The van der Waals surface area contributed by atoms with Gasteiger partial charge in [0.25, 0.3) is 0 Å². The Morgan fingerprint density at radius 3 is 2.42 bits per heavy atom. The predicted molar refractivity (Wildman–Crippen MR) is 259 cm³/mol. The molecule has 3 aromatic carbocycles. The average molecular weight is 925 g/mol. The van der Waals surface area contributed by atoms with Gasteiger partial charge in [-0.15, -0.1) is 11.3 Å². The molecule has 0 bridgehead atoms. The molecule has 350 valence electrons. The van der Waals surface area contributed by atoms with Gasteiger partial charge in [0.15, 0.2) is 5.78 Å². The number of hydrogen-bond donors (Lipinski definition) is 4. The normalized spacial score (nSPS) is 18.3. The number of nitrogens with zero attached hydrogens (tertiary/aromatic N) is 5. The summed E-state index contributed by atoms with van der Waals surface area (Å²) in [5.41, 5.74) is 10.0. The molecule has 0 spiro atoms. The summed E-state index contributed by atoms with van der Waals surface area (Å²) in [6, 6.07) is 17.8. The summed E-state index contributed by atoms with van der Waals surface area (Å²) in [5.74, 6) is -1.24. The van der Waals surface area contributed by atoms with Crippen LogP contribution in [0.1, 0.15) is 117 Å². The summed E-state index contributed by atoms with van der Waals surface area (Å²) in [7, 11) is 0. The Bertz CT molecular complexity index is 2790. The molecule has 1 unspecified atom stereocenters. The summed E-state index contributed by atoms with van der Waals surface area (Å²) in [4.78, 5) is 83.1. The topological polar surface area (TPSA) is 192 Å². The van der Waals surface area contributed by atoms with Crippen LogP contribution in [-0.2, 0) is 37.6 Å². The van der Waals surface area contributed by atoms with E-state index in [9.17, 15) is 34.3 Å². The standard InChI is InChI=1S/C52H60N8O6S/c1-8-33-23-37-38(52(6,7)47-44(45(37)64)36-17-14-32(26-53)22-39(36)56-47)25-40(33)58-18-20-59(21-19-58)43(63)11-9-10-42(62)57-48(51(3,4)5)50(66)60-28-35(61)24-41(60)49(65)54-27-31-12-15-34(16-13-31)46-30(2)55-29-67-46/h12-17,22-23,25,29,35,41,48,56,61H,8-11,18-21,24,27-28H2,1-7H3,(H,54,65)(H,57,62)/t35-,41+,48?/m1/s1. The number of carbonyl (C=O) groups excluding carboxylic acids is 5. The van der Waals surface area contributed by atoms with Gasteiger partial charge in [-0.25, -0.2) is 4.98 Å². The molecule has 8 rings (SSSR count). The van der Waals surface area contributed by atoms with Crippen molar-refractivity contribution in [1.29, 1.82) is 5.26 Å². The lowest BCUT2D eigenvalue weighted by molar-refractivity contribution is -0.144. The first-order valence-electron chi connectivity index (χ1n) is 23.3. The van der Waals surface area contributed by atoms with Gasteiger partial charge in [0.1, 0.15) is 12.1 Å². The molecule has 0 radical (unpaired) electrons. The molecule has 5 aromatic rings. The van der Waals surface area contributed by atoms with Crippen molar-refractivity contribution in [3.63, 3.8) is 0 Å². The maximum Gasteiger partial charge on any atom is 0.246 e. The maximum atomic E-state index is 14.1. The number of piperazine rings is 1. The number of aromatic nitrogens is 2. The second-order valence-electron chi connectivity index (χ2n) is 19.7. The number of aliphatic hydroxyl groups is 1. The van der Waals surface area contributed by atoms with Crippen molar-refractivity contribution in [3.8, 4) is 16.5 Å². The SMILES string of the molecule is CCc1cc2c(cc1N1CCN(C(=O)CCCC(=O)NC(C(=O)N3C[C@H](O)C[C@H]3C(=O)NCc3ccc(-c4scnc4C)cc3)C(C)(C)C)CC1)C(C)(C)c1[nH]c3cc(C#N)ccc3c1C2=O. The van der Waals surface area contributed by atoms with E-state index in [1.54, 1.807) is 23.5 Å². The van der Waals surface area contributed by atoms with Crippen LogP contribution in [0.4, 0.5) is 5.69 Å². The first-order valence-corrected chi connectivity index (χ1v) is 24.1. The number of aryl methyl sites for hydroxylation is 2. The molecule has 67 heavy (non-hydrogen) atoms. The monoisotopic (exact) mass is 924 g/mol. The van der Waals surface area contributed by atoms with E-state index in [-0.39, 0.29) is 55.9 Å². The van der Waals surface area contributed by atoms with Crippen molar-refractivity contribution in [2.75, 3.05) is 37.6 Å². The number of benzene rings is 3. The fraction of sp³-hybridized carbons (Fsp3) is 0.442. The number of nitriles is 1. The quantitative estimate of drug-likeness (QED) is 0.108. The van der Waals surface area contributed by atoms with E-state index in [0.29, 0.717) is 49.3 Å². The molecule has 1 aliphatic carbocycles. The number of anilines is 1. The molecule has 2 aromatic heterocycles. The van der Waals surface area contributed by atoms with Crippen molar-refractivity contribution in [1.82, 2.24) is 30.4 Å². The van der Waals surface area contributed by atoms with Gasteiger partial charge in [-0.1, -0.05) is 71.9 Å². The van der Waals surface area contributed by atoms with Crippen LogP contribution in [-0.4, -0.2) is 105 Å². The number of H-pyrrole nitrogens is 1. The molecule has 2 fully saturated rings. The second kappa shape index (κ2) is 18.7. The Kier molecular flexibility index (Phi) is 13.2. The number of carbonyl (C=O) groups is 5. The highest BCUT2D eigenvalue weighted by Crippen LogP contribution is 2.46. The lowest BCUT2D eigenvalue weighted by Crippen LogP contribution is -2.57. The third-order valence-corrected chi connectivity index (χ3v) is 14.8. The van der Waals surface area contributed by atoms with Gasteiger partial charge in [0.05, 0.1) is 39.4 Å². The number of rotatable bonds is 12. The number of ketones is 1. The first-order chi connectivity index (χ1) is 31.9. The van der Waals surface area contributed by atoms with Gasteiger partial charge in [-0.3, -0.25) is 24.0 Å². The van der Waals surface area contributed by atoms with Crippen LogP contribution >= 0.6 is 11.3 Å². The third-order valence-electron chi connectivity index (χ3n) is 13.8. The number of aliphatic hydroxyl groups excluding tert-OH is 1. The zero-order valence-electron chi connectivity index (χ0n) is 39.4. The number of thiazole rings is 1. The molecule has 15 heteroatoms. The summed E-state index contributed by atoms with van der Waals surface area (Å²) in [5, 5.41) is 26.8. The van der Waals surface area contributed by atoms with Crippen molar-refractivity contribution in [2.24, 2.45) is 5.41 Å². The van der Waals surface area contributed by atoms with Crippen LogP contribution in [0.2, 0.25) is 0 Å². The minimum absolute atomic E-state index is 0.0224. The van der Waals surface area contributed by atoms with Crippen molar-refractivity contribution in [2.45, 2.75) is 111 Å². The third kappa shape index (κ3) is 9.34. The molecule has 4 N–H and O–H groups in total. The molecule has 14 nitrogen and oxygen atoms in total. The number of likely N-dealkylation sites (tertiary alicyclic amines) is 1. The van der Waals surface area contributed by atoms with Crippen molar-refractivity contribution in [3.05, 3.63) is 105 Å². The Morgan fingerprint density at radius 1 is 1.03 bits per heavy atom. The Hall–Kier alpha value is -6.37. The van der Waals surface area contributed by atoms with Gasteiger partial charge in [-0.2, -0.15) is 5.26 Å². The summed E-state index contributed by atoms with van der Waals surface area (Å²) >= 11 is 1.57. The molecular weight excluding hydrogens is 865 g/mol. The van der Waals surface area contributed by atoms with Gasteiger partial charge in [-0.05, 0) is 71.7 Å². The minimum Gasteiger partial charge on any atom is -0.391 e. The summed E-state index contributed by atoms with van der Waals surface area (Å²) in [6.45, 7) is 16.3. The lowest BCUT2D eigenvalue weighted by atomic mass is 9.70. The van der Waals surface area contributed by atoms with E-state index in [0.717, 1.165) is 61.5 Å². The molecule has 4 amide bonds. The van der Waals surface area contributed by atoms with Crippen LogP contribution < -0.4 is 15.5 Å². The number of fused-ring (bicyclic) bond motifs is 4. The van der Waals surface area contributed by atoms with Crippen LogP contribution in [0.5, 0.6) is 0 Å². The second-order valence-corrected chi connectivity index (χ2v) is 20.6. The predicted octanol–water partition coefficient (Wildman–Crippen LogP) is 6.53. The molecule has 2 saturated heterocycles. The largest absolute Gasteiger partial charge is 0.391 e. The average Bonchev–Trinajstić information content (AvgIpc) is 4.05. The van der Waals surface area contributed by atoms with E-state index in [4.69, 9.17) is 0 Å². The number of nitrogens with one attached hydrogen (secondary N) is 3. The van der Waals surface area contributed by atoms with Gasteiger partial charge >= 0.3 is 0 Å². The lowest BCUT2D eigenvalue weighted by Gasteiger charge is -2.39. The number of amides is 4. The zero-order valence-corrected chi connectivity index (χ0v) is 40.2. The molecular formula is C52H60N8O6S. The molecule has 2 aliphatic heterocycles. The number of hydrogen-bond acceptors (Lipinski definition) is 10. The van der Waals surface area contributed by atoms with Gasteiger partial charge in [0, 0.05) is 91.8 Å². The minimum atomic E-state index is -0.963. The van der Waals surface area contributed by atoms with E-state index < -0.39 is 34.9 Å². The van der Waals surface area contributed by atoms with Crippen LogP contribution in [0, 0.1) is 23.7 Å². The van der Waals surface area contributed by atoms with Crippen molar-refractivity contribution < 1.29 is 29.1 Å². The Labute approximate surface area is 395 Å². The molecule has 3 aliphatic rings. The van der Waals surface area contributed by atoms with E-state index in [1.165, 1.54) is 4.90 Å². The fourth-order valence-corrected chi connectivity index (χ4v) is 10.7.